The maximum Gasteiger partial charge on any atom is 0.339 e. The third-order valence-corrected chi connectivity index (χ3v) is 11.3. The summed E-state index contributed by atoms with van der Waals surface area (Å²) in [6.45, 7) is 0. The number of benzene rings is 7. The van der Waals surface area contributed by atoms with Crippen molar-refractivity contribution in [3.8, 4) is 72.7 Å². The normalized spacial score (nSPS) is 11.2. The van der Waals surface area contributed by atoms with Crippen LogP contribution in [0.1, 0.15) is 10.4 Å². The van der Waals surface area contributed by atoms with Crippen molar-refractivity contribution in [1.82, 2.24) is 0 Å². The number of phenolic OH excluding ortho intramolecular Hbond substituents is 1. The number of hydrogen-bond donors (Lipinski definition) is 1. The maximum atomic E-state index is 14.8. The summed E-state index contributed by atoms with van der Waals surface area (Å²) in [7, 11) is 1.39. The zero-order valence-corrected chi connectivity index (χ0v) is 32.8. The molecule has 6 aromatic rings. The third kappa shape index (κ3) is 6.01. The highest BCUT2D eigenvalue weighted by Gasteiger charge is 2.35. The Morgan fingerprint density at radius 3 is 1.53 bits per heavy atom. The van der Waals surface area contributed by atoms with Crippen LogP contribution in [0.4, 0.5) is 0 Å². The van der Waals surface area contributed by atoms with E-state index < -0.39 is 5.97 Å². The Balaban J connectivity index is 1.77. The van der Waals surface area contributed by atoms with E-state index in [1.807, 2.05) is 97.1 Å². The second-order valence-corrected chi connectivity index (χ2v) is 14.9. The molecule has 8 rings (SSSR count). The maximum absolute atomic E-state index is 14.8. The first-order valence-corrected chi connectivity index (χ1v) is 19.0. The van der Waals surface area contributed by atoms with Gasteiger partial charge in [-0.2, -0.15) is 0 Å². The Kier molecular flexibility index (Phi) is 9.37. The predicted octanol–water partition coefficient (Wildman–Crippen LogP) is 13.0. The quantitative estimate of drug-likeness (QED) is 0.133. The second kappa shape index (κ2) is 14.3. The topological polar surface area (TPSA) is 76.7 Å². The average molecular weight is 887 g/mol. The lowest BCUT2D eigenvalue weighted by Crippen LogP contribution is -2.12. The molecule has 0 fully saturated rings. The minimum absolute atomic E-state index is 0.0482. The van der Waals surface area contributed by atoms with E-state index >= 15 is 0 Å². The fourth-order valence-corrected chi connectivity index (χ4v) is 8.64. The average Bonchev–Trinajstić information content (AvgIpc) is 3.20. The standard InChI is InChI=1S/C45H27Br3O5/c1-52-45(51)41-38(28-20-12-5-13-21-28)36(26-16-8-3-9-17-26)35(25-14-6-2-7-15-25)37(27-18-10-4-11-19-27)40(41)39-29-22-31(46)33(49)24-34(29)53-44-30(39)23-32(47)43(50)42(44)48/h2-24,49H,1H3. The van der Waals surface area contributed by atoms with E-state index in [4.69, 9.17) is 9.15 Å². The van der Waals surface area contributed by atoms with E-state index in [0.717, 1.165) is 38.9 Å². The third-order valence-electron chi connectivity index (χ3n) is 9.32. The van der Waals surface area contributed by atoms with Crippen molar-refractivity contribution in [1.29, 1.82) is 0 Å². The molecule has 0 bridgehead atoms. The Hall–Kier alpha value is -5.28. The smallest absolute Gasteiger partial charge is 0.339 e. The summed E-state index contributed by atoms with van der Waals surface area (Å²) in [6, 6.07) is 45.0. The van der Waals surface area contributed by atoms with Crippen LogP contribution >= 0.6 is 47.8 Å². The summed E-state index contributed by atoms with van der Waals surface area (Å²) in [5.74, 6) is -0.341. The Labute approximate surface area is 330 Å². The number of phenols is 1. The number of carbonyl (C=O) groups is 1. The summed E-state index contributed by atoms with van der Waals surface area (Å²) in [4.78, 5) is 28.2. The molecule has 1 aliphatic heterocycles. The van der Waals surface area contributed by atoms with Gasteiger partial charge in [-0.15, -0.1) is 0 Å². The van der Waals surface area contributed by atoms with Gasteiger partial charge in [-0.1, -0.05) is 121 Å². The summed E-state index contributed by atoms with van der Waals surface area (Å²) >= 11 is 10.6. The first-order chi connectivity index (χ1) is 25.8. The molecule has 1 aliphatic carbocycles. The number of halogens is 3. The van der Waals surface area contributed by atoms with Crippen molar-refractivity contribution in [3.05, 3.63) is 169 Å². The Morgan fingerprint density at radius 1 is 0.585 bits per heavy atom. The van der Waals surface area contributed by atoms with Crippen molar-refractivity contribution in [2.45, 2.75) is 0 Å². The van der Waals surface area contributed by atoms with Gasteiger partial charge in [0.15, 0.2) is 5.76 Å². The molecule has 5 nitrogen and oxygen atoms in total. The molecule has 0 spiro atoms. The Bertz CT molecular complexity index is 2710. The van der Waals surface area contributed by atoms with Gasteiger partial charge in [-0.25, -0.2) is 4.79 Å². The van der Waals surface area contributed by atoms with Crippen molar-refractivity contribution in [3.63, 3.8) is 0 Å². The first-order valence-electron chi connectivity index (χ1n) is 16.6. The van der Waals surface area contributed by atoms with Crippen molar-refractivity contribution in [2.75, 3.05) is 7.11 Å². The number of hydrogen-bond acceptors (Lipinski definition) is 5. The van der Waals surface area contributed by atoms with E-state index in [2.05, 4.69) is 72.1 Å². The lowest BCUT2D eigenvalue weighted by Gasteiger charge is -2.29. The zero-order valence-electron chi connectivity index (χ0n) is 28.0. The van der Waals surface area contributed by atoms with Crippen LogP contribution in [-0.4, -0.2) is 18.2 Å². The summed E-state index contributed by atoms with van der Waals surface area (Å²) < 4.78 is 13.1. The van der Waals surface area contributed by atoms with Crippen LogP contribution in [0.3, 0.4) is 0 Å². The minimum Gasteiger partial charge on any atom is -0.507 e. The van der Waals surface area contributed by atoms with Crippen LogP contribution in [0, 0.1) is 0 Å². The predicted molar refractivity (Wildman–Crippen MR) is 222 cm³/mol. The Morgan fingerprint density at radius 2 is 1.04 bits per heavy atom. The molecule has 1 heterocycles. The van der Waals surface area contributed by atoms with Crippen molar-refractivity contribution >= 4 is 64.7 Å². The molecule has 6 aromatic carbocycles. The van der Waals surface area contributed by atoms with Gasteiger partial charge in [0, 0.05) is 33.7 Å². The van der Waals surface area contributed by atoms with Gasteiger partial charge in [-0.3, -0.25) is 4.79 Å². The van der Waals surface area contributed by atoms with Crippen molar-refractivity contribution in [2.24, 2.45) is 0 Å². The molecule has 0 saturated carbocycles. The van der Waals surface area contributed by atoms with E-state index in [0.29, 0.717) is 47.7 Å². The first kappa shape index (κ1) is 34.8. The lowest BCUT2D eigenvalue weighted by molar-refractivity contribution is 0.0602. The van der Waals surface area contributed by atoms with Crippen LogP contribution in [0.25, 0.3) is 77.9 Å². The van der Waals surface area contributed by atoms with Gasteiger partial charge in [-0.05, 0) is 98.9 Å². The minimum atomic E-state index is -0.550. The van der Waals surface area contributed by atoms with Crippen molar-refractivity contribution < 1.29 is 19.1 Å². The molecular weight excluding hydrogens is 860 g/mol. The number of carbonyl (C=O) groups excluding carboxylic acids is 1. The number of esters is 1. The van der Waals surface area contributed by atoms with Gasteiger partial charge in [0.1, 0.15) is 15.8 Å². The fraction of sp³-hybridized carbons (Fsp3) is 0.0222. The number of methoxy groups -OCH3 is 1. The molecule has 258 valence electrons. The molecular formula is C45H27Br3O5. The van der Waals surface area contributed by atoms with Gasteiger partial charge >= 0.3 is 5.97 Å². The van der Waals surface area contributed by atoms with Crippen LogP contribution in [0.2, 0.25) is 0 Å². The van der Waals surface area contributed by atoms with E-state index in [1.54, 1.807) is 12.1 Å². The molecule has 0 unspecified atom stereocenters. The molecule has 2 aliphatic rings. The summed E-state index contributed by atoms with van der Waals surface area (Å²) in [5.41, 5.74) is 8.74. The molecule has 8 heteroatoms. The van der Waals surface area contributed by atoms with E-state index in [-0.39, 0.29) is 21.4 Å². The van der Waals surface area contributed by atoms with E-state index in [9.17, 15) is 14.7 Å². The van der Waals surface area contributed by atoms with E-state index in [1.165, 1.54) is 13.2 Å². The van der Waals surface area contributed by atoms with Crippen LogP contribution in [-0.2, 0) is 4.74 Å². The summed E-state index contributed by atoms with van der Waals surface area (Å²) in [5, 5.41) is 11.5. The highest BCUT2D eigenvalue weighted by Crippen LogP contribution is 2.56. The fourth-order valence-electron chi connectivity index (χ4n) is 7.10. The molecule has 0 atom stereocenters. The van der Waals surface area contributed by atoms with Gasteiger partial charge in [0.2, 0.25) is 5.43 Å². The number of aromatic hydroxyl groups is 1. The lowest BCUT2D eigenvalue weighted by atomic mass is 9.74. The molecule has 0 radical (unpaired) electrons. The van der Waals surface area contributed by atoms with Crippen LogP contribution in [0.15, 0.2) is 162 Å². The van der Waals surface area contributed by atoms with Gasteiger partial charge in [0.05, 0.1) is 21.6 Å². The molecule has 53 heavy (non-hydrogen) atoms. The molecule has 0 amide bonds. The zero-order chi connectivity index (χ0) is 36.8. The SMILES string of the molecule is COC(=O)c1c(-c2ccccc2)c(-c2ccccc2)c(-c2ccccc2)c(-c2ccccc2)c1-c1c2cc(Br)c(=O)c(Br)c-2oc2cc(O)c(Br)cc12. The molecule has 0 saturated heterocycles. The molecule has 0 aromatic heterocycles. The number of ether oxygens (including phenoxy) is 1. The van der Waals surface area contributed by atoms with Gasteiger partial charge in [0.25, 0.3) is 0 Å². The number of rotatable bonds is 6. The monoisotopic (exact) mass is 884 g/mol. The van der Waals surface area contributed by atoms with Gasteiger partial charge < -0.3 is 14.3 Å². The number of fused-ring (bicyclic) bond motifs is 2. The molecule has 1 N–H and O–H groups in total. The highest BCUT2D eigenvalue weighted by molar-refractivity contribution is 9.11. The summed E-state index contributed by atoms with van der Waals surface area (Å²) in [6.07, 6.45) is 0. The van der Waals surface area contributed by atoms with Crippen LogP contribution in [0.5, 0.6) is 5.75 Å². The largest absolute Gasteiger partial charge is 0.507 e. The second-order valence-electron chi connectivity index (χ2n) is 12.4. The highest BCUT2D eigenvalue weighted by atomic mass is 79.9. The van der Waals surface area contributed by atoms with Crippen LogP contribution < -0.4 is 5.43 Å².